The van der Waals surface area contributed by atoms with Crippen molar-refractivity contribution in [1.29, 1.82) is 0 Å². The number of aliphatic hydroxyl groups is 1. The predicted molar refractivity (Wildman–Crippen MR) is 68.0 cm³/mol. The summed E-state index contributed by atoms with van der Waals surface area (Å²) in [5.41, 5.74) is 3.99. The lowest BCUT2D eigenvalue weighted by molar-refractivity contribution is 0.240. The average molecular weight is 219 g/mol. The molecule has 1 N–H and O–H groups in total. The van der Waals surface area contributed by atoms with E-state index in [1.165, 1.54) is 29.7 Å². The molecule has 0 aliphatic carbocycles. The van der Waals surface area contributed by atoms with Gasteiger partial charge in [-0.2, -0.15) is 0 Å². The molecule has 0 amide bonds. The van der Waals surface area contributed by atoms with Crippen LogP contribution in [0.25, 0.3) is 0 Å². The van der Waals surface area contributed by atoms with Gasteiger partial charge < -0.3 is 10.0 Å². The maximum absolute atomic E-state index is 9.44. The summed E-state index contributed by atoms with van der Waals surface area (Å²) in [5, 5.41) is 9.44. The summed E-state index contributed by atoms with van der Waals surface area (Å²) in [6, 6.07) is 6.75. The van der Waals surface area contributed by atoms with Gasteiger partial charge in [0.1, 0.15) is 0 Å². The standard InChI is InChI=1S/C14H21NO/c1-11-6-5-8-14(12(11)2)15-9-4-3-7-13(15)10-16/h5-6,8,13,16H,3-4,7,9-10H2,1-2H3. The molecule has 1 aliphatic rings. The van der Waals surface area contributed by atoms with Crippen LogP contribution in [0.4, 0.5) is 5.69 Å². The van der Waals surface area contributed by atoms with Gasteiger partial charge in [0.05, 0.1) is 12.6 Å². The van der Waals surface area contributed by atoms with Crippen molar-refractivity contribution >= 4 is 5.69 Å². The zero-order valence-corrected chi connectivity index (χ0v) is 10.2. The molecule has 2 heteroatoms. The second kappa shape index (κ2) is 4.88. The highest BCUT2D eigenvalue weighted by Crippen LogP contribution is 2.28. The third-order valence-electron chi connectivity index (χ3n) is 3.72. The van der Waals surface area contributed by atoms with Crippen molar-refractivity contribution in [3.8, 4) is 0 Å². The fourth-order valence-corrected chi connectivity index (χ4v) is 2.55. The van der Waals surface area contributed by atoms with Gasteiger partial charge in [0.25, 0.3) is 0 Å². The van der Waals surface area contributed by atoms with E-state index in [1.54, 1.807) is 0 Å². The molecule has 1 atom stereocenters. The highest BCUT2D eigenvalue weighted by molar-refractivity contribution is 5.57. The van der Waals surface area contributed by atoms with Gasteiger partial charge in [0.15, 0.2) is 0 Å². The lowest BCUT2D eigenvalue weighted by atomic mass is 9.99. The van der Waals surface area contributed by atoms with Gasteiger partial charge in [0.2, 0.25) is 0 Å². The molecule has 0 bridgehead atoms. The smallest absolute Gasteiger partial charge is 0.0635 e. The molecule has 1 aliphatic heterocycles. The van der Waals surface area contributed by atoms with Gasteiger partial charge >= 0.3 is 0 Å². The van der Waals surface area contributed by atoms with Crippen molar-refractivity contribution in [3.05, 3.63) is 29.3 Å². The van der Waals surface area contributed by atoms with Crippen LogP contribution in [0, 0.1) is 13.8 Å². The van der Waals surface area contributed by atoms with Crippen molar-refractivity contribution in [1.82, 2.24) is 0 Å². The van der Waals surface area contributed by atoms with Gasteiger partial charge in [-0.05, 0) is 50.3 Å². The van der Waals surface area contributed by atoms with Crippen molar-refractivity contribution in [2.24, 2.45) is 0 Å². The highest BCUT2D eigenvalue weighted by atomic mass is 16.3. The van der Waals surface area contributed by atoms with Crippen LogP contribution in [0.2, 0.25) is 0 Å². The third-order valence-corrected chi connectivity index (χ3v) is 3.72. The molecule has 1 heterocycles. The van der Waals surface area contributed by atoms with Crippen LogP contribution < -0.4 is 4.90 Å². The molecule has 0 aromatic heterocycles. The quantitative estimate of drug-likeness (QED) is 0.826. The van der Waals surface area contributed by atoms with E-state index >= 15 is 0 Å². The number of rotatable bonds is 2. The molecule has 1 aromatic rings. The number of aryl methyl sites for hydroxylation is 1. The van der Waals surface area contributed by atoms with Crippen molar-refractivity contribution < 1.29 is 5.11 Å². The van der Waals surface area contributed by atoms with Crippen molar-refractivity contribution in [2.45, 2.75) is 39.2 Å². The number of nitrogens with zero attached hydrogens (tertiary/aromatic N) is 1. The minimum Gasteiger partial charge on any atom is -0.394 e. The van der Waals surface area contributed by atoms with Crippen LogP contribution in [0.3, 0.4) is 0 Å². The number of hydrogen-bond donors (Lipinski definition) is 1. The third kappa shape index (κ3) is 2.07. The predicted octanol–water partition coefficient (Wildman–Crippen LogP) is 2.65. The van der Waals surface area contributed by atoms with Gasteiger partial charge in [-0.1, -0.05) is 12.1 Å². The van der Waals surface area contributed by atoms with E-state index in [2.05, 4.69) is 36.9 Å². The van der Waals surface area contributed by atoms with Crippen LogP contribution >= 0.6 is 0 Å². The molecule has 88 valence electrons. The van der Waals surface area contributed by atoms with E-state index in [0.717, 1.165) is 13.0 Å². The SMILES string of the molecule is Cc1cccc(N2CCCCC2CO)c1C. The molecule has 16 heavy (non-hydrogen) atoms. The monoisotopic (exact) mass is 219 g/mol. The van der Waals surface area contributed by atoms with E-state index in [4.69, 9.17) is 0 Å². The van der Waals surface area contributed by atoms with Gasteiger partial charge in [-0.25, -0.2) is 0 Å². The summed E-state index contributed by atoms with van der Waals surface area (Å²) in [4.78, 5) is 2.38. The molecule has 2 nitrogen and oxygen atoms in total. The lowest BCUT2D eigenvalue weighted by Crippen LogP contribution is -2.42. The average Bonchev–Trinajstić information content (AvgIpc) is 2.33. The Hall–Kier alpha value is -1.02. The molecule has 1 unspecified atom stereocenters. The molecule has 2 rings (SSSR count). The zero-order valence-electron chi connectivity index (χ0n) is 10.2. The molecular formula is C14H21NO. The number of anilines is 1. The summed E-state index contributed by atoms with van der Waals surface area (Å²) in [6.07, 6.45) is 3.60. The van der Waals surface area contributed by atoms with Gasteiger partial charge in [0, 0.05) is 12.2 Å². The summed E-state index contributed by atoms with van der Waals surface area (Å²) in [5.74, 6) is 0. The lowest BCUT2D eigenvalue weighted by Gasteiger charge is -2.37. The number of piperidine rings is 1. The largest absolute Gasteiger partial charge is 0.394 e. The minimum absolute atomic E-state index is 0.271. The maximum Gasteiger partial charge on any atom is 0.0635 e. The van der Waals surface area contributed by atoms with Crippen LogP contribution in [0.15, 0.2) is 18.2 Å². The minimum atomic E-state index is 0.271. The Balaban J connectivity index is 2.30. The Morgan fingerprint density at radius 3 is 2.88 bits per heavy atom. The van der Waals surface area contributed by atoms with E-state index in [9.17, 15) is 5.11 Å². The van der Waals surface area contributed by atoms with E-state index in [0.29, 0.717) is 6.04 Å². The van der Waals surface area contributed by atoms with E-state index in [-0.39, 0.29) is 6.61 Å². The van der Waals surface area contributed by atoms with Gasteiger partial charge in [-0.15, -0.1) is 0 Å². The number of hydrogen-bond acceptors (Lipinski definition) is 2. The number of aliphatic hydroxyl groups excluding tert-OH is 1. The van der Waals surface area contributed by atoms with Gasteiger partial charge in [-0.3, -0.25) is 0 Å². The Kier molecular flexibility index (Phi) is 3.49. The van der Waals surface area contributed by atoms with E-state index in [1.807, 2.05) is 0 Å². The zero-order chi connectivity index (χ0) is 11.5. The molecular weight excluding hydrogens is 198 g/mol. The first-order valence-electron chi connectivity index (χ1n) is 6.17. The fraction of sp³-hybridized carbons (Fsp3) is 0.571. The fourth-order valence-electron chi connectivity index (χ4n) is 2.55. The Bertz CT molecular complexity index is 362. The Morgan fingerprint density at radius 1 is 1.31 bits per heavy atom. The Labute approximate surface area is 97.9 Å². The highest BCUT2D eigenvalue weighted by Gasteiger charge is 2.22. The summed E-state index contributed by atoms with van der Waals surface area (Å²) >= 11 is 0. The van der Waals surface area contributed by atoms with E-state index < -0.39 is 0 Å². The molecule has 0 spiro atoms. The summed E-state index contributed by atoms with van der Waals surface area (Å²) in [7, 11) is 0. The van der Waals surface area contributed by atoms with Crippen molar-refractivity contribution in [2.75, 3.05) is 18.1 Å². The van der Waals surface area contributed by atoms with Crippen LogP contribution in [0.5, 0.6) is 0 Å². The first-order chi connectivity index (χ1) is 7.74. The Morgan fingerprint density at radius 2 is 2.12 bits per heavy atom. The molecule has 1 fully saturated rings. The number of benzene rings is 1. The topological polar surface area (TPSA) is 23.5 Å². The second-order valence-electron chi connectivity index (χ2n) is 4.74. The molecule has 1 saturated heterocycles. The van der Waals surface area contributed by atoms with Crippen LogP contribution in [-0.4, -0.2) is 24.3 Å². The summed E-state index contributed by atoms with van der Waals surface area (Å²) in [6.45, 7) is 5.67. The first kappa shape index (κ1) is 11.5. The normalized spacial score (nSPS) is 21.2. The van der Waals surface area contributed by atoms with Crippen molar-refractivity contribution in [3.63, 3.8) is 0 Å². The molecule has 1 aromatic carbocycles. The molecule has 0 saturated carbocycles. The first-order valence-corrected chi connectivity index (χ1v) is 6.17. The van der Waals surface area contributed by atoms with Crippen LogP contribution in [-0.2, 0) is 0 Å². The maximum atomic E-state index is 9.44. The second-order valence-corrected chi connectivity index (χ2v) is 4.74. The van der Waals surface area contributed by atoms with Crippen LogP contribution in [0.1, 0.15) is 30.4 Å². The summed E-state index contributed by atoms with van der Waals surface area (Å²) < 4.78 is 0. The molecule has 0 radical (unpaired) electrons.